The first kappa shape index (κ1) is 15.9. The third kappa shape index (κ3) is 5.26. The van der Waals surface area contributed by atoms with Gasteiger partial charge < -0.3 is 10.6 Å². The van der Waals surface area contributed by atoms with Crippen LogP contribution in [0, 0.1) is 6.92 Å². The van der Waals surface area contributed by atoms with Gasteiger partial charge in [0, 0.05) is 11.7 Å². The van der Waals surface area contributed by atoms with Gasteiger partial charge in [0.15, 0.2) is 0 Å². The summed E-state index contributed by atoms with van der Waals surface area (Å²) in [7, 11) is 0. The van der Waals surface area contributed by atoms with Gasteiger partial charge in [0.25, 0.3) is 0 Å². The second-order valence-corrected chi connectivity index (χ2v) is 5.73. The zero-order chi connectivity index (χ0) is 15.3. The molecule has 20 heavy (non-hydrogen) atoms. The molecule has 1 heterocycles. The smallest absolute Gasteiger partial charge is 0.321 e. The number of nitrogens with one attached hydrogen (secondary N) is 3. The summed E-state index contributed by atoms with van der Waals surface area (Å²) in [5.41, 5.74) is 0.524. The number of carbonyl (C=O) groups is 2. The molecule has 0 bridgehead atoms. The number of hydrogen-bond donors (Lipinski definition) is 3. The molecule has 0 spiro atoms. The normalized spacial score (nSPS) is 12.4. The highest BCUT2D eigenvalue weighted by atomic mass is 16.2. The Balaban J connectivity index is 2.54. The van der Waals surface area contributed by atoms with Crippen molar-refractivity contribution in [3.8, 4) is 0 Å². The van der Waals surface area contributed by atoms with Gasteiger partial charge in [-0.3, -0.25) is 10.1 Å². The Morgan fingerprint density at radius 3 is 2.50 bits per heavy atom. The van der Waals surface area contributed by atoms with Crippen LogP contribution in [0.25, 0.3) is 0 Å². The van der Waals surface area contributed by atoms with E-state index < -0.39 is 12.1 Å². The maximum atomic E-state index is 11.8. The number of hydrogen-bond acceptors (Lipinski definition) is 3. The summed E-state index contributed by atoms with van der Waals surface area (Å²) < 4.78 is 0. The molecule has 0 saturated carbocycles. The molecule has 1 aromatic heterocycles. The van der Waals surface area contributed by atoms with Crippen LogP contribution in [0.1, 0.15) is 33.3 Å². The Morgan fingerprint density at radius 1 is 1.30 bits per heavy atom. The Morgan fingerprint density at radius 2 is 1.95 bits per heavy atom. The van der Waals surface area contributed by atoms with Crippen molar-refractivity contribution in [2.24, 2.45) is 0 Å². The minimum absolute atomic E-state index is 0.231. The Hall–Kier alpha value is -2.11. The van der Waals surface area contributed by atoms with Gasteiger partial charge in [-0.05, 0) is 46.2 Å². The van der Waals surface area contributed by atoms with Gasteiger partial charge in [-0.25, -0.2) is 9.78 Å². The summed E-state index contributed by atoms with van der Waals surface area (Å²) in [5, 5.41) is 8.00. The second-order valence-electron chi connectivity index (χ2n) is 5.73. The monoisotopic (exact) mass is 278 g/mol. The molecule has 110 valence electrons. The molecule has 1 atom stereocenters. The number of carbonyl (C=O) groups excluding carboxylic acids is 2. The zero-order valence-corrected chi connectivity index (χ0v) is 12.6. The van der Waals surface area contributed by atoms with E-state index in [9.17, 15) is 9.59 Å². The zero-order valence-electron chi connectivity index (χ0n) is 12.6. The van der Waals surface area contributed by atoms with Gasteiger partial charge in [0.2, 0.25) is 5.91 Å². The van der Waals surface area contributed by atoms with Crippen LogP contribution in [0.3, 0.4) is 0 Å². The van der Waals surface area contributed by atoms with Gasteiger partial charge in [0.1, 0.15) is 11.9 Å². The SMILES string of the molecule is Cc1cccnc1NC(=O)N[C@H](C)C(=O)NC(C)(C)C. The predicted octanol–water partition coefficient (Wildman–Crippen LogP) is 1.81. The van der Waals surface area contributed by atoms with E-state index in [0.717, 1.165) is 5.56 Å². The van der Waals surface area contributed by atoms with E-state index in [0.29, 0.717) is 5.82 Å². The lowest BCUT2D eigenvalue weighted by Crippen LogP contribution is -2.51. The fourth-order valence-corrected chi connectivity index (χ4v) is 1.50. The Labute approximate surface area is 119 Å². The Kier molecular flexibility index (Phi) is 5.07. The average molecular weight is 278 g/mol. The quantitative estimate of drug-likeness (QED) is 0.788. The van der Waals surface area contributed by atoms with Gasteiger partial charge >= 0.3 is 6.03 Å². The summed E-state index contributed by atoms with van der Waals surface area (Å²) in [4.78, 5) is 27.7. The first-order valence-electron chi connectivity index (χ1n) is 6.50. The van der Waals surface area contributed by atoms with E-state index in [1.807, 2.05) is 33.8 Å². The van der Waals surface area contributed by atoms with Crippen molar-refractivity contribution >= 4 is 17.8 Å². The topological polar surface area (TPSA) is 83.1 Å². The lowest BCUT2D eigenvalue weighted by Gasteiger charge is -2.23. The number of pyridine rings is 1. The number of amides is 3. The van der Waals surface area contributed by atoms with Crippen LogP contribution < -0.4 is 16.0 Å². The summed E-state index contributed by atoms with van der Waals surface area (Å²) in [6, 6.07) is 2.55. The minimum Gasteiger partial charge on any atom is -0.350 e. The van der Waals surface area contributed by atoms with Gasteiger partial charge in [-0.2, -0.15) is 0 Å². The molecule has 0 aliphatic carbocycles. The molecule has 3 amide bonds. The average Bonchev–Trinajstić information content (AvgIpc) is 2.29. The number of nitrogens with zero attached hydrogens (tertiary/aromatic N) is 1. The molecule has 6 heteroatoms. The third-order valence-electron chi connectivity index (χ3n) is 2.48. The van der Waals surface area contributed by atoms with Crippen molar-refractivity contribution in [2.45, 2.75) is 46.2 Å². The molecule has 0 aliphatic heterocycles. The van der Waals surface area contributed by atoms with Crippen molar-refractivity contribution in [1.29, 1.82) is 0 Å². The number of anilines is 1. The minimum atomic E-state index is -0.627. The molecule has 1 aromatic rings. The summed E-state index contributed by atoms with van der Waals surface area (Å²) in [6.07, 6.45) is 1.60. The molecule has 1 rings (SSSR count). The highest BCUT2D eigenvalue weighted by Crippen LogP contribution is 2.08. The van der Waals surface area contributed by atoms with Crippen LogP contribution >= 0.6 is 0 Å². The molecule has 6 nitrogen and oxygen atoms in total. The largest absolute Gasteiger partial charge is 0.350 e. The van der Waals surface area contributed by atoms with E-state index in [2.05, 4.69) is 20.9 Å². The number of aromatic nitrogens is 1. The van der Waals surface area contributed by atoms with E-state index in [1.54, 1.807) is 19.2 Å². The fraction of sp³-hybridized carbons (Fsp3) is 0.500. The van der Waals surface area contributed by atoms with Gasteiger partial charge in [-0.15, -0.1) is 0 Å². The first-order valence-corrected chi connectivity index (χ1v) is 6.50. The highest BCUT2D eigenvalue weighted by molar-refractivity contribution is 5.93. The van der Waals surface area contributed by atoms with E-state index in [-0.39, 0.29) is 11.4 Å². The van der Waals surface area contributed by atoms with E-state index in [1.165, 1.54) is 0 Å². The van der Waals surface area contributed by atoms with Crippen LogP contribution in [0.5, 0.6) is 0 Å². The summed E-state index contributed by atoms with van der Waals surface area (Å²) >= 11 is 0. The van der Waals surface area contributed by atoms with Crippen LogP contribution in [-0.2, 0) is 4.79 Å². The number of aryl methyl sites for hydroxylation is 1. The lowest BCUT2D eigenvalue weighted by atomic mass is 10.1. The molecule has 0 aliphatic rings. The fourth-order valence-electron chi connectivity index (χ4n) is 1.50. The molecule has 0 unspecified atom stereocenters. The molecule has 0 fully saturated rings. The van der Waals surface area contributed by atoms with Gasteiger partial charge in [0.05, 0.1) is 0 Å². The number of rotatable bonds is 3. The van der Waals surface area contributed by atoms with Crippen molar-refractivity contribution in [2.75, 3.05) is 5.32 Å². The third-order valence-corrected chi connectivity index (χ3v) is 2.48. The van der Waals surface area contributed by atoms with Crippen molar-refractivity contribution in [3.63, 3.8) is 0 Å². The maximum Gasteiger partial charge on any atom is 0.321 e. The highest BCUT2D eigenvalue weighted by Gasteiger charge is 2.20. The number of urea groups is 1. The van der Waals surface area contributed by atoms with E-state index >= 15 is 0 Å². The van der Waals surface area contributed by atoms with Crippen LogP contribution in [0.15, 0.2) is 18.3 Å². The molecule has 0 saturated heterocycles. The lowest BCUT2D eigenvalue weighted by molar-refractivity contribution is -0.123. The molecule has 0 aromatic carbocycles. The van der Waals surface area contributed by atoms with Gasteiger partial charge in [-0.1, -0.05) is 6.07 Å². The van der Waals surface area contributed by atoms with Crippen molar-refractivity contribution in [3.05, 3.63) is 23.9 Å². The van der Waals surface area contributed by atoms with E-state index in [4.69, 9.17) is 0 Å². The Bertz CT molecular complexity index is 494. The molecular weight excluding hydrogens is 256 g/mol. The van der Waals surface area contributed by atoms with Crippen molar-refractivity contribution < 1.29 is 9.59 Å². The van der Waals surface area contributed by atoms with Crippen LogP contribution in [-0.4, -0.2) is 28.5 Å². The van der Waals surface area contributed by atoms with Crippen molar-refractivity contribution in [1.82, 2.24) is 15.6 Å². The molecular formula is C14H22N4O2. The summed E-state index contributed by atoms with van der Waals surface area (Å²) in [5.74, 6) is 0.249. The molecule has 3 N–H and O–H groups in total. The first-order chi connectivity index (χ1) is 9.19. The van der Waals surface area contributed by atoms with Crippen LogP contribution in [0.2, 0.25) is 0 Å². The second kappa shape index (κ2) is 6.36. The molecule has 0 radical (unpaired) electrons. The summed E-state index contributed by atoms with van der Waals surface area (Å²) in [6.45, 7) is 9.13. The maximum absolute atomic E-state index is 11.8. The predicted molar refractivity (Wildman–Crippen MR) is 78.5 cm³/mol. The van der Waals surface area contributed by atoms with Crippen LogP contribution in [0.4, 0.5) is 10.6 Å². The standard InChI is InChI=1S/C14H22N4O2/c1-9-7-6-8-15-11(9)17-13(20)16-10(2)12(19)18-14(3,4)5/h6-8,10H,1-5H3,(H,18,19)(H2,15,16,17,20)/t10-/m1/s1.